The van der Waals surface area contributed by atoms with Crippen LogP contribution in [-0.4, -0.2) is 23.1 Å². The molecule has 0 bridgehead atoms. The summed E-state index contributed by atoms with van der Waals surface area (Å²) in [6.45, 7) is 10.4. The fourth-order valence-corrected chi connectivity index (χ4v) is 1.72. The number of hydrogen-bond acceptors (Lipinski definition) is 4. The zero-order valence-electron chi connectivity index (χ0n) is 11.0. The van der Waals surface area contributed by atoms with Crippen molar-refractivity contribution >= 4 is 27.6 Å². The molecule has 0 saturated carbocycles. The Morgan fingerprint density at radius 1 is 1.18 bits per heavy atom. The van der Waals surface area contributed by atoms with E-state index in [4.69, 9.17) is 0 Å². The molecule has 2 N–H and O–H groups in total. The summed E-state index contributed by atoms with van der Waals surface area (Å²) in [5, 5.41) is 6.55. The maximum Gasteiger partial charge on any atom is 0.145 e. The van der Waals surface area contributed by atoms with Crippen LogP contribution >= 0.6 is 15.9 Å². The molecule has 0 radical (unpaired) electrons. The van der Waals surface area contributed by atoms with Gasteiger partial charge in [0.1, 0.15) is 22.4 Å². The molecule has 0 fully saturated rings. The van der Waals surface area contributed by atoms with Gasteiger partial charge >= 0.3 is 0 Å². The molecule has 96 valence electrons. The van der Waals surface area contributed by atoms with E-state index in [0.717, 1.165) is 35.6 Å². The van der Waals surface area contributed by atoms with Gasteiger partial charge in [0.25, 0.3) is 0 Å². The monoisotopic (exact) mass is 300 g/mol. The van der Waals surface area contributed by atoms with E-state index in [9.17, 15) is 0 Å². The standard InChI is InChI=1S/C12H21BrN4/c1-5-12(3,4)7-15-11-9(13)10(14-6-2)16-8-17-11/h8H,5-7H2,1-4H3,(H2,14,15,16,17). The second-order valence-electron chi connectivity index (χ2n) is 4.79. The van der Waals surface area contributed by atoms with Crippen molar-refractivity contribution in [1.29, 1.82) is 0 Å². The summed E-state index contributed by atoms with van der Waals surface area (Å²) in [5.74, 6) is 1.68. The number of nitrogens with zero attached hydrogens (tertiary/aromatic N) is 2. The summed E-state index contributed by atoms with van der Waals surface area (Å²) in [7, 11) is 0. The summed E-state index contributed by atoms with van der Waals surface area (Å²) in [6, 6.07) is 0. The van der Waals surface area contributed by atoms with E-state index in [1.54, 1.807) is 6.33 Å². The first kappa shape index (κ1) is 14.2. The quantitative estimate of drug-likeness (QED) is 0.844. The third-order valence-corrected chi connectivity index (χ3v) is 3.58. The van der Waals surface area contributed by atoms with E-state index < -0.39 is 0 Å². The molecule has 1 heterocycles. The molecular formula is C12H21BrN4. The van der Waals surface area contributed by atoms with E-state index in [-0.39, 0.29) is 5.41 Å². The first-order chi connectivity index (χ1) is 8.00. The minimum absolute atomic E-state index is 0.267. The summed E-state index contributed by atoms with van der Waals surface area (Å²) in [6.07, 6.45) is 2.70. The predicted octanol–water partition coefficient (Wildman–Crippen LogP) is 3.52. The Hall–Kier alpha value is -0.840. The molecule has 0 amide bonds. The number of aromatic nitrogens is 2. The summed E-state index contributed by atoms with van der Waals surface area (Å²) in [4.78, 5) is 8.43. The zero-order chi connectivity index (χ0) is 12.9. The third-order valence-electron chi connectivity index (χ3n) is 2.83. The zero-order valence-corrected chi connectivity index (χ0v) is 12.6. The molecule has 0 aliphatic rings. The van der Waals surface area contributed by atoms with Gasteiger partial charge in [0.2, 0.25) is 0 Å². The molecule has 17 heavy (non-hydrogen) atoms. The molecule has 0 saturated heterocycles. The predicted molar refractivity (Wildman–Crippen MR) is 76.5 cm³/mol. The Morgan fingerprint density at radius 2 is 1.76 bits per heavy atom. The maximum atomic E-state index is 4.25. The lowest BCUT2D eigenvalue weighted by Crippen LogP contribution is -2.22. The van der Waals surface area contributed by atoms with Crippen LogP contribution in [-0.2, 0) is 0 Å². The van der Waals surface area contributed by atoms with E-state index in [1.165, 1.54) is 0 Å². The van der Waals surface area contributed by atoms with Crippen molar-refractivity contribution in [2.24, 2.45) is 5.41 Å². The lowest BCUT2D eigenvalue weighted by molar-refractivity contribution is 0.376. The highest BCUT2D eigenvalue weighted by Gasteiger charge is 2.16. The van der Waals surface area contributed by atoms with Gasteiger partial charge in [0.15, 0.2) is 0 Å². The average molecular weight is 301 g/mol. The van der Waals surface area contributed by atoms with Gasteiger partial charge < -0.3 is 10.6 Å². The van der Waals surface area contributed by atoms with Gasteiger partial charge in [0.05, 0.1) is 0 Å². The second-order valence-corrected chi connectivity index (χ2v) is 5.58. The van der Waals surface area contributed by atoms with Crippen LogP contribution in [0.4, 0.5) is 11.6 Å². The average Bonchev–Trinajstić information content (AvgIpc) is 2.31. The van der Waals surface area contributed by atoms with Crippen LogP contribution < -0.4 is 10.6 Å². The largest absolute Gasteiger partial charge is 0.369 e. The van der Waals surface area contributed by atoms with Crippen molar-refractivity contribution in [2.45, 2.75) is 34.1 Å². The smallest absolute Gasteiger partial charge is 0.145 e. The van der Waals surface area contributed by atoms with Gasteiger partial charge in [0, 0.05) is 13.1 Å². The molecular weight excluding hydrogens is 280 g/mol. The van der Waals surface area contributed by atoms with E-state index >= 15 is 0 Å². The molecule has 0 unspecified atom stereocenters. The second kappa shape index (κ2) is 6.19. The van der Waals surface area contributed by atoms with Crippen LogP contribution in [0.2, 0.25) is 0 Å². The Kier molecular flexibility index (Phi) is 5.18. The van der Waals surface area contributed by atoms with Crippen molar-refractivity contribution in [3.05, 3.63) is 10.8 Å². The van der Waals surface area contributed by atoms with Crippen LogP contribution in [0, 0.1) is 5.41 Å². The Morgan fingerprint density at radius 3 is 2.29 bits per heavy atom. The molecule has 0 atom stereocenters. The molecule has 1 rings (SSSR count). The highest BCUT2D eigenvalue weighted by molar-refractivity contribution is 9.10. The molecule has 1 aromatic rings. The normalized spacial score (nSPS) is 11.4. The van der Waals surface area contributed by atoms with Gasteiger partial charge in [-0.15, -0.1) is 0 Å². The highest BCUT2D eigenvalue weighted by Crippen LogP contribution is 2.28. The van der Waals surface area contributed by atoms with Crippen LogP contribution in [0.5, 0.6) is 0 Å². The number of halogens is 1. The topological polar surface area (TPSA) is 49.8 Å². The van der Waals surface area contributed by atoms with Crippen molar-refractivity contribution in [3.63, 3.8) is 0 Å². The summed E-state index contributed by atoms with van der Waals surface area (Å²) >= 11 is 3.52. The molecule has 0 aliphatic heterocycles. The first-order valence-electron chi connectivity index (χ1n) is 5.98. The number of rotatable bonds is 6. The van der Waals surface area contributed by atoms with E-state index in [0.29, 0.717) is 0 Å². The Bertz CT molecular complexity index is 366. The van der Waals surface area contributed by atoms with Crippen LogP contribution in [0.15, 0.2) is 10.8 Å². The van der Waals surface area contributed by atoms with Crippen molar-refractivity contribution < 1.29 is 0 Å². The minimum atomic E-state index is 0.267. The lowest BCUT2D eigenvalue weighted by atomic mass is 9.90. The van der Waals surface area contributed by atoms with Crippen molar-refractivity contribution in [2.75, 3.05) is 23.7 Å². The van der Waals surface area contributed by atoms with Crippen LogP contribution in [0.1, 0.15) is 34.1 Å². The number of anilines is 2. The third kappa shape index (κ3) is 4.15. The minimum Gasteiger partial charge on any atom is -0.369 e. The summed E-state index contributed by atoms with van der Waals surface area (Å²) in [5.41, 5.74) is 0.267. The van der Waals surface area contributed by atoms with E-state index in [1.807, 2.05) is 6.92 Å². The van der Waals surface area contributed by atoms with Gasteiger partial charge in [-0.25, -0.2) is 9.97 Å². The van der Waals surface area contributed by atoms with Gasteiger partial charge in [-0.2, -0.15) is 0 Å². The Balaban J connectivity index is 2.75. The summed E-state index contributed by atoms with van der Waals surface area (Å²) < 4.78 is 0.897. The van der Waals surface area contributed by atoms with Gasteiger partial charge in [-0.1, -0.05) is 20.8 Å². The molecule has 0 aliphatic carbocycles. The molecule has 4 nitrogen and oxygen atoms in total. The lowest BCUT2D eigenvalue weighted by Gasteiger charge is -2.23. The molecule has 0 aromatic carbocycles. The maximum absolute atomic E-state index is 4.25. The van der Waals surface area contributed by atoms with Crippen LogP contribution in [0.25, 0.3) is 0 Å². The fourth-order valence-electron chi connectivity index (χ4n) is 1.23. The van der Waals surface area contributed by atoms with E-state index in [2.05, 4.69) is 57.3 Å². The molecule has 5 heteroatoms. The van der Waals surface area contributed by atoms with Crippen LogP contribution in [0.3, 0.4) is 0 Å². The van der Waals surface area contributed by atoms with Crippen molar-refractivity contribution in [1.82, 2.24) is 9.97 Å². The highest BCUT2D eigenvalue weighted by atomic mass is 79.9. The van der Waals surface area contributed by atoms with Gasteiger partial charge in [-0.3, -0.25) is 0 Å². The molecule has 0 spiro atoms. The first-order valence-corrected chi connectivity index (χ1v) is 6.77. The Labute approximate surface area is 112 Å². The number of nitrogens with one attached hydrogen (secondary N) is 2. The van der Waals surface area contributed by atoms with Crippen molar-refractivity contribution in [3.8, 4) is 0 Å². The molecule has 1 aromatic heterocycles. The van der Waals surface area contributed by atoms with Gasteiger partial charge in [-0.05, 0) is 34.7 Å². The number of hydrogen-bond donors (Lipinski definition) is 2. The fraction of sp³-hybridized carbons (Fsp3) is 0.667. The SMILES string of the molecule is CCNc1ncnc(NCC(C)(C)CC)c1Br.